The van der Waals surface area contributed by atoms with Gasteiger partial charge in [-0.3, -0.25) is 0 Å². The van der Waals surface area contributed by atoms with E-state index < -0.39 is 7.60 Å². The van der Waals surface area contributed by atoms with Crippen LogP contribution >= 0.6 is 7.60 Å². The van der Waals surface area contributed by atoms with Crippen LogP contribution in [-0.2, 0) is 4.57 Å². The van der Waals surface area contributed by atoms with Gasteiger partial charge in [-0.05, 0) is 24.3 Å². The molecule has 1 atom stereocenters. The molecule has 86 valence electrons. The minimum Gasteiger partial charge on any atom is -0.421 e. The third-order valence-electron chi connectivity index (χ3n) is 2.05. The highest BCUT2D eigenvalue weighted by molar-refractivity contribution is 7.61. The summed E-state index contributed by atoms with van der Waals surface area (Å²) >= 11 is 0. The molecule has 0 aliphatic heterocycles. The molecule has 2 rings (SSSR count). The van der Waals surface area contributed by atoms with Crippen LogP contribution in [0.2, 0.25) is 0 Å². The average Bonchev–Trinajstić information content (AvgIpc) is 2.31. The Hall–Kier alpha value is -0.804. The minimum absolute atomic E-state index is 0. The van der Waals surface area contributed by atoms with E-state index in [-0.39, 0.29) is 23.1 Å². The predicted octanol–water partition coefficient (Wildman–Crippen LogP) is 1.66. The first-order valence-corrected chi connectivity index (χ1v) is 6.39. The van der Waals surface area contributed by atoms with Gasteiger partial charge in [0.2, 0.25) is 0 Å². The van der Waals surface area contributed by atoms with Gasteiger partial charge in [0.1, 0.15) is 5.75 Å². The van der Waals surface area contributed by atoms with E-state index in [4.69, 9.17) is 4.52 Å². The Balaban J connectivity index is 0.00000144. The highest BCUT2D eigenvalue weighted by Crippen LogP contribution is 2.41. The van der Waals surface area contributed by atoms with Crippen LogP contribution in [0.25, 0.3) is 0 Å². The third kappa shape index (κ3) is 3.86. The summed E-state index contributed by atoms with van der Waals surface area (Å²) < 4.78 is 17.0. The first-order valence-electron chi connectivity index (χ1n) is 4.81. The SMILES string of the molecule is O=P(O)(Oc1ccccc1)c1ccccc1.[MgH2]. The lowest BCUT2D eigenvalue weighted by Crippen LogP contribution is -2.08. The Bertz CT molecular complexity index is 502. The van der Waals surface area contributed by atoms with Crippen LogP contribution in [0.3, 0.4) is 0 Å². The monoisotopic (exact) mass is 260 g/mol. The first kappa shape index (κ1) is 14.3. The number of para-hydroxylation sites is 1. The maximum atomic E-state index is 11.9. The second-order valence-electron chi connectivity index (χ2n) is 3.26. The number of hydrogen-bond donors (Lipinski definition) is 1. The Morgan fingerprint density at radius 3 is 1.88 bits per heavy atom. The Labute approximate surface area is 116 Å². The molecule has 17 heavy (non-hydrogen) atoms. The zero-order valence-electron chi connectivity index (χ0n) is 8.48. The molecule has 0 aromatic heterocycles. The lowest BCUT2D eigenvalue weighted by atomic mass is 10.3. The zero-order chi connectivity index (χ0) is 11.4. The van der Waals surface area contributed by atoms with Crippen LogP contribution in [0.5, 0.6) is 5.75 Å². The van der Waals surface area contributed by atoms with Crippen molar-refractivity contribution in [1.82, 2.24) is 0 Å². The zero-order valence-corrected chi connectivity index (χ0v) is 9.38. The second kappa shape index (κ2) is 6.22. The van der Waals surface area contributed by atoms with Crippen LogP contribution in [0, 0.1) is 0 Å². The summed E-state index contributed by atoms with van der Waals surface area (Å²) in [4.78, 5) is 9.77. The number of rotatable bonds is 3. The van der Waals surface area contributed by atoms with Crippen molar-refractivity contribution in [3.63, 3.8) is 0 Å². The summed E-state index contributed by atoms with van der Waals surface area (Å²) in [5.41, 5.74) is 0. The molecule has 1 N–H and O–H groups in total. The van der Waals surface area contributed by atoms with Crippen molar-refractivity contribution < 1.29 is 14.0 Å². The van der Waals surface area contributed by atoms with Gasteiger partial charge in [0.25, 0.3) is 0 Å². The molecular formula is C12H13MgO3P. The van der Waals surface area contributed by atoms with Gasteiger partial charge in [-0.1, -0.05) is 36.4 Å². The fourth-order valence-electron chi connectivity index (χ4n) is 1.29. The number of hydrogen-bond acceptors (Lipinski definition) is 2. The van der Waals surface area contributed by atoms with Crippen molar-refractivity contribution in [3.05, 3.63) is 60.7 Å². The van der Waals surface area contributed by atoms with Gasteiger partial charge in [0, 0.05) is 0 Å². The molecule has 0 saturated carbocycles. The van der Waals surface area contributed by atoms with Crippen LogP contribution in [-0.4, -0.2) is 27.9 Å². The molecule has 0 fully saturated rings. The highest BCUT2D eigenvalue weighted by atomic mass is 31.2. The normalized spacial score (nSPS) is 13.2. The fraction of sp³-hybridized carbons (Fsp3) is 0. The largest absolute Gasteiger partial charge is 0.421 e. The molecule has 1 unspecified atom stereocenters. The van der Waals surface area contributed by atoms with Crippen LogP contribution in [0.15, 0.2) is 60.7 Å². The fourth-order valence-corrected chi connectivity index (χ4v) is 2.36. The molecule has 0 bridgehead atoms. The average molecular weight is 261 g/mol. The lowest BCUT2D eigenvalue weighted by Gasteiger charge is -2.12. The van der Waals surface area contributed by atoms with Crippen LogP contribution < -0.4 is 9.83 Å². The van der Waals surface area contributed by atoms with Crippen LogP contribution in [0.1, 0.15) is 0 Å². The van der Waals surface area contributed by atoms with Gasteiger partial charge in [0.15, 0.2) is 0 Å². The molecule has 2 aromatic carbocycles. The first-order chi connectivity index (χ1) is 7.68. The topological polar surface area (TPSA) is 46.5 Å². The van der Waals surface area contributed by atoms with E-state index in [9.17, 15) is 9.46 Å². The van der Waals surface area contributed by atoms with Crippen LogP contribution in [0.4, 0.5) is 0 Å². The summed E-state index contributed by atoms with van der Waals surface area (Å²) in [7, 11) is -3.77. The lowest BCUT2D eigenvalue weighted by molar-refractivity contribution is 0.393. The van der Waals surface area contributed by atoms with Crippen molar-refractivity contribution in [3.8, 4) is 5.75 Å². The highest BCUT2D eigenvalue weighted by Gasteiger charge is 2.23. The van der Waals surface area contributed by atoms with E-state index in [1.165, 1.54) is 0 Å². The molecule has 0 amide bonds. The van der Waals surface area contributed by atoms with Gasteiger partial charge in [-0.15, -0.1) is 0 Å². The number of benzene rings is 2. The van der Waals surface area contributed by atoms with Gasteiger partial charge >= 0.3 is 30.6 Å². The van der Waals surface area contributed by atoms with Crippen molar-refractivity contribution in [2.24, 2.45) is 0 Å². The smallest absolute Gasteiger partial charge is 0.408 e. The van der Waals surface area contributed by atoms with Crippen molar-refractivity contribution in [1.29, 1.82) is 0 Å². The molecule has 0 saturated heterocycles. The van der Waals surface area contributed by atoms with Gasteiger partial charge < -0.3 is 9.42 Å². The molecule has 0 radical (unpaired) electrons. The summed E-state index contributed by atoms with van der Waals surface area (Å²) in [6.07, 6.45) is 0. The molecule has 0 aliphatic rings. The maximum Gasteiger partial charge on any atom is 0.408 e. The van der Waals surface area contributed by atoms with E-state index in [0.717, 1.165) is 0 Å². The van der Waals surface area contributed by atoms with Gasteiger partial charge in [0.05, 0.1) is 5.30 Å². The Morgan fingerprint density at radius 1 is 0.882 bits per heavy atom. The van der Waals surface area contributed by atoms with E-state index >= 15 is 0 Å². The van der Waals surface area contributed by atoms with Crippen molar-refractivity contribution in [2.45, 2.75) is 0 Å². The molecule has 3 nitrogen and oxygen atoms in total. The molecule has 0 aliphatic carbocycles. The summed E-state index contributed by atoms with van der Waals surface area (Å²) in [5, 5.41) is 0.291. The Morgan fingerprint density at radius 2 is 1.35 bits per heavy atom. The summed E-state index contributed by atoms with van der Waals surface area (Å²) in [6.45, 7) is 0. The molecule has 5 heteroatoms. The van der Waals surface area contributed by atoms with Gasteiger partial charge in [-0.2, -0.15) is 0 Å². The summed E-state index contributed by atoms with van der Waals surface area (Å²) in [5.74, 6) is 0.386. The molecule has 0 spiro atoms. The molecule has 0 heterocycles. The Kier molecular flexibility index (Phi) is 5.21. The summed E-state index contributed by atoms with van der Waals surface area (Å²) in [6, 6.07) is 16.9. The van der Waals surface area contributed by atoms with E-state index in [2.05, 4.69) is 0 Å². The molecule has 2 aromatic rings. The second-order valence-corrected chi connectivity index (χ2v) is 5.00. The third-order valence-corrected chi connectivity index (χ3v) is 3.46. The van der Waals surface area contributed by atoms with E-state index in [0.29, 0.717) is 11.1 Å². The predicted molar refractivity (Wildman–Crippen MR) is 71.5 cm³/mol. The maximum absolute atomic E-state index is 11.9. The van der Waals surface area contributed by atoms with E-state index in [1.807, 2.05) is 6.07 Å². The van der Waals surface area contributed by atoms with Crippen molar-refractivity contribution >= 4 is 36.0 Å². The standard InChI is InChI=1S/C12H11O3P.Mg.2H/c13-16(14,12-9-5-2-6-10-12)15-11-7-3-1-4-8-11;;;/h1-10H,(H,13,14);;;. The minimum atomic E-state index is -3.77. The quantitative estimate of drug-likeness (QED) is 0.674. The molecular weight excluding hydrogens is 247 g/mol. The van der Waals surface area contributed by atoms with Gasteiger partial charge in [-0.25, -0.2) is 4.57 Å². The van der Waals surface area contributed by atoms with E-state index in [1.54, 1.807) is 54.6 Å². The van der Waals surface area contributed by atoms with Crippen molar-refractivity contribution in [2.75, 3.05) is 0 Å².